The zero-order valence-electron chi connectivity index (χ0n) is 17.8. The van der Waals surface area contributed by atoms with Crippen molar-refractivity contribution in [2.75, 3.05) is 6.61 Å². The van der Waals surface area contributed by atoms with Crippen molar-refractivity contribution in [3.05, 3.63) is 70.7 Å². The number of rotatable bonds is 6. The van der Waals surface area contributed by atoms with Gasteiger partial charge in [-0.05, 0) is 42.4 Å². The van der Waals surface area contributed by atoms with E-state index in [0.29, 0.717) is 23.6 Å². The first-order valence-electron chi connectivity index (χ1n) is 9.74. The number of hydrogen-bond acceptors (Lipinski definition) is 3. The molecule has 0 fully saturated rings. The largest absolute Gasteiger partial charge is 0.441 e. The van der Waals surface area contributed by atoms with E-state index in [0.717, 1.165) is 5.56 Å². The topological polar surface area (TPSA) is 35.5 Å². The number of carbonyl (C=O) groups excluding carboxylic acids is 1. The zero-order valence-corrected chi connectivity index (χ0v) is 19.5. The lowest BCUT2D eigenvalue weighted by molar-refractivity contribution is 0.0407. The van der Waals surface area contributed by atoms with E-state index in [-0.39, 0.29) is 5.04 Å². The van der Waals surface area contributed by atoms with E-state index in [2.05, 4.69) is 45.7 Å². The van der Waals surface area contributed by atoms with Crippen LogP contribution in [-0.2, 0) is 9.16 Å². The fourth-order valence-electron chi connectivity index (χ4n) is 2.31. The van der Waals surface area contributed by atoms with Crippen molar-refractivity contribution in [1.29, 1.82) is 0 Å². The number of carbonyl (C=O) groups is 1. The Morgan fingerprint density at radius 2 is 1.69 bits per heavy atom. The fourth-order valence-corrected chi connectivity index (χ4v) is 3.48. The summed E-state index contributed by atoms with van der Waals surface area (Å²) in [6.45, 7) is 11.7. The number of halogens is 1. The van der Waals surface area contributed by atoms with Gasteiger partial charge in [-0.3, -0.25) is 0 Å². The van der Waals surface area contributed by atoms with Crippen LogP contribution in [-0.4, -0.2) is 20.9 Å². The molecular formula is C24H29ClO3Si. The summed E-state index contributed by atoms with van der Waals surface area (Å²) < 4.78 is 11.8. The van der Waals surface area contributed by atoms with Gasteiger partial charge in [0.1, 0.15) is 0 Å². The van der Waals surface area contributed by atoms with E-state index in [4.69, 9.17) is 20.8 Å². The number of benzene rings is 2. The maximum atomic E-state index is 12.5. The minimum Gasteiger partial charge on any atom is -0.441 e. The minimum absolute atomic E-state index is 0.164. The lowest BCUT2D eigenvalue weighted by Gasteiger charge is -2.35. The Labute approximate surface area is 180 Å². The van der Waals surface area contributed by atoms with E-state index in [9.17, 15) is 4.79 Å². The lowest BCUT2D eigenvalue weighted by atomic mass is 10.1. The summed E-state index contributed by atoms with van der Waals surface area (Å²) in [6.07, 6.45) is -0.0766. The van der Waals surface area contributed by atoms with Crippen molar-refractivity contribution in [2.45, 2.75) is 51.4 Å². The quantitative estimate of drug-likeness (QED) is 0.223. The Kier molecular flexibility index (Phi) is 8.10. The molecule has 1 atom stereocenters. The van der Waals surface area contributed by atoms with Gasteiger partial charge in [0.2, 0.25) is 0 Å². The van der Waals surface area contributed by atoms with E-state index in [1.54, 1.807) is 36.4 Å². The van der Waals surface area contributed by atoms with Crippen molar-refractivity contribution < 1.29 is 14.0 Å². The van der Waals surface area contributed by atoms with Gasteiger partial charge < -0.3 is 9.16 Å². The van der Waals surface area contributed by atoms with Crippen LogP contribution in [0.15, 0.2) is 54.6 Å². The van der Waals surface area contributed by atoms with Crippen LogP contribution < -0.4 is 0 Å². The summed E-state index contributed by atoms with van der Waals surface area (Å²) in [5.41, 5.74) is 1.28. The molecule has 2 aromatic rings. The number of hydrogen-bond donors (Lipinski definition) is 0. The van der Waals surface area contributed by atoms with Crippen molar-refractivity contribution >= 4 is 25.9 Å². The third-order valence-electron chi connectivity index (χ3n) is 5.14. The third kappa shape index (κ3) is 7.04. The van der Waals surface area contributed by atoms with E-state index < -0.39 is 20.4 Å². The normalized spacial score (nSPS) is 12.6. The van der Waals surface area contributed by atoms with Crippen molar-refractivity contribution in [3.8, 4) is 11.8 Å². The predicted molar refractivity (Wildman–Crippen MR) is 122 cm³/mol. The monoisotopic (exact) mass is 428 g/mol. The first-order chi connectivity index (χ1) is 13.6. The Balaban J connectivity index is 2.08. The van der Waals surface area contributed by atoms with Gasteiger partial charge in [0.05, 0.1) is 5.56 Å². The van der Waals surface area contributed by atoms with Crippen LogP contribution in [0.4, 0.5) is 0 Å². The number of ether oxygens (including phenoxy) is 1. The van der Waals surface area contributed by atoms with Crippen LogP contribution in [0, 0.1) is 11.8 Å². The highest BCUT2D eigenvalue weighted by Crippen LogP contribution is 2.36. The molecule has 5 heteroatoms. The van der Waals surface area contributed by atoms with Gasteiger partial charge in [-0.25, -0.2) is 4.79 Å². The maximum Gasteiger partial charge on any atom is 0.339 e. The molecule has 29 heavy (non-hydrogen) atoms. The van der Waals surface area contributed by atoms with Crippen LogP contribution in [0.2, 0.25) is 23.2 Å². The molecule has 0 amide bonds. The van der Waals surface area contributed by atoms with E-state index >= 15 is 0 Å². The van der Waals surface area contributed by atoms with Gasteiger partial charge in [0.15, 0.2) is 14.4 Å². The molecule has 0 aliphatic rings. The SMILES string of the molecule is CC(C)(C)[Si](C)(C)OCCC#CC(OC(=O)c1ccccc1)c1ccc(Cl)cc1. The van der Waals surface area contributed by atoms with Crippen LogP contribution in [0.25, 0.3) is 0 Å². The summed E-state index contributed by atoms with van der Waals surface area (Å²) in [7, 11) is -1.79. The van der Waals surface area contributed by atoms with Gasteiger partial charge in [-0.2, -0.15) is 0 Å². The fraction of sp³-hybridized carbons (Fsp3) is 0.375. The van der Waals surface area contributed by atoms with E-state index in [1.165, 1.54) is 0 Å². The van der Waals surface area contributed by atoms with Crippen LogP contribution >= 0.6 is 11.6 Å². The number of esters is 1. The average molecular weight is 429 g/mol. The summed E-state index contributed by atoms with van der Waals surface area (Å²) in [5.74, 6) is 5.79. The Bertz CT molecular complexity index is 859. The second-order valence-electron chi connectivity index (χ2n) is 8.38. The van der Waals surface area contributed by atoms with E-state index in [1.807, 2.05) is 18.2 Å². The molecule has 0 aliphatic heterocycles. The van der Waals surface area contributed by atoms with Crippen LogP contribution in [0.1, 0.15) is 49.2 Å². The third-order valence-corrected chi connectivity index (χ3v) is 9.93. The van der Waals surface area contributed by atoms with Gasteiger partial charge in [0, 0.05) is 23.6 Å². The van der Waals surface area contributed by atoms with Gasteiger partial charge in [-0.15, -0.1) is 0 Å². The molecular weight excluding hydrogens is 400 g/mol. The first kappa shape index (κ1) is 23.2. The van der Waals surface area contributed by atoms with Crippen LogP contribution in [0.5, 0.6) is 0 Å². The lowest BCUT2D eigenvalue weighted by Crippen LogP contribution is -2.40. The smallest absolute Gasteiger partial charge is 0.339 e. The second kappa shape index (κ2) is 10.1. The Morgan fingerprint density at radius 1 is 1.07 bits per heavy atom. The Hall–Kier alpha value is -2.06. The molecule has 2 rings (SSSR count). The molecule has 2 aromatic carbocycles. The second-order valence-corrected chi connectivity index (χ2v) is 13.6. The molecule has 0 saturated carbocycles. The molecule has 0 heterocycles. The summed E-state index contributed by atoms with van der Waals surface area (Å²) in [6, 6.07) is 16.1. The highest BCUT2D eigenvalue weighted by Gasteiger charge is 2.36. The summed E-state index contributed by atoms with van der Waals surface area (Å²) in [4.78, 5) is 12.5. The Morgan fingerprint density at radius 3 is 2.28 bits per heavy atom. The van der Waals surface area contributed by atoms with Gasteiger partial charge >= 0.3 is 5.97 Å². The minimum atomic E-state index is -1.79. The molecule has 3 nitrogen and oxygen atoms in total. The maximum absolute atomic E-state index is 12.5. The molecule has 0 saturated heterocycles. The van der Waals surface area contributed by atoms with Gasteiger partial charge in [0.25, 0.3) is 0 Å². The molecule has 0 aliphatic carbocycles. The molecule has 0 aromatic heterocycles. The molecule has 0 radical (unpaired) electrons. The zero-order chi connectivity index (χ0) is 21.5. The van der Waals surface area contributed by atoms with Crippen molar-refractivity contribution in [3.63, 3.8) is 0 Å². The highest BCUT2D eigenvalue weighted by atomic mass is 35.5. The predicted octanol–water partition coefficient (Wildman–Crippen LogP) is 6.65. The standard InChI is InChI=1S/C24H29ClO3Si/c1-24(2,3)29(4,5)27-18-10-9-13-22(19-14-16-21(25)17-15-19)28-23(26)20-11-7-6-8-12-20/h6-8,11-12,14-17,22H,10,18H2,1-5H3. The highest BCUT2D eigenvalue weighted by molar-refractivity contribution is 6.74. The van der Waals surface area contributed by atoms with Crippen molar-refractivity contribution in [1.82, 2.24) is 0 Å². The molecule has 0 N–H and O–H groups in total. The molecule has 0 spiro atoms. The summed E-state index contributed by atoms with van der Waals surface area (Å²) >= 11 is 5.99. The average Bonchev–Trinajstić information content (AvgIpc) is 2.67. The molecule has 0 bridgehead atoms. The first-order valence-corrected chi connectivity index (χ1v) is 13.0. The van der Waals surface area contributed by atoms with Gasteiger partial charge in [-0.1, -0.05) is 74.5 Å². The summed E-state index contributed by atoms with van der Waals surface area (Å²) in [5, 5.41) is 0.787. The molecule has 1 unspecified atom stereocenters. The van der Waals surface area contributed by atoms with Crippen molar-refractivity contribution in [2.24, 2.45) is 0 Å². The molecule has 154 valence electrons. The van der Waals surface area contributed by atoms with Crippen LogP contribution in [0.3, 0.4) is 0 Å².